The van der Waals surface area contributed by atoms with E-state index in [9.17, 15) is 14.7 Å². The van der Waals surface area contributed by atoms with Crippen LogP contribution in [0.3, 0.4) is 0 Å². The number of methoxy groups -OCH3 is 2. The zero-order valence-corrected chi connectivity index (χ0v) is 16.1. The minimum absolute atomic E-state index is 0.0502. The normalized spacial score (nSPS) is 11.0. The van der Waals surface area contributed by atoms with Crippen LogP contribution in [0.1, 0.15) is 37.9 Å². The Morgan fingerprint density at radius 2 is 1.97 bits per heavy atom. The molecule has 11 heteroatoms. The summed E-state index contributed by atoms with van der Waals surface area (Å²) in [5.74, 6) is -1.40. The van der Waals surface area contributed by atoms with Crippen molar-refractivity contribution in [2.45, 2.75) is 13.8 Å². The minimum atomic E-state index is -1.23. The number of hydrogen-bond donors (Lipinski definition) is 2. The minimum Gasteiger partial charge on any atom is -0.493 e. The standard InChI is InChI=1S/C18H18N6O5/c1-9-7-10(2)24-18(20-9)21-15(23-24)16(25)22-19-8-11-5-6-12(28-3)14(29-4)13(11)17(26)27/h5-8H,1-4H3,(H,22,25)(H,26,27). The zero-order chi connectivity index (χ0) is 21.1. The van der Waals surface area contributed by atoms with Crippen LogP contribution < -0.4 is 14.9 Å². The van der Waals surface area contributed by atoms with Crippen molar-refractivity contribution in [3.8, 4) is 11.5 Å². The van der Waals surface area contributed by atoms with Crippen LogP contribution in [0.4, 0.5) is 0 Å². The molecule has 29 heavy (non-hydrogen) atoms. The first-order chi connectivity index (χ1) is 13.8. The average molecular weight is 398 g/mol. The van der Waals surface area contributed by atoms with Crippen LogP contribution in [0.5, 0.6) is 11.5 Å². The molecule has 3 rings (SSSR count). The van der Waals surface area contributed by atoms with Gasteiger partial charge in [-0.05, 0) is 32.0 Å². The van der Waals surface area contributed by atoms with Gasteiger partial charge in [0.2, 0.25) is 5.82 Å². The summed E-state index contributed by atoms with van der Waals surface area (Å²) in [4.78, 5) is 32.2. The highest BCUT2D eigenvalue weighted by atomic mass is 16.5. The molecule has 2 N–H and O–H groups in total. The van der Waals surface area contributed by atoms with Gasteiger partial charge >= 0.3 is 11.9 Å². The lowest BCUT2D eigenvalue weighted by Gasteiger charge is -2.12. The molecule has 1 aromatic carbocycles. The molecule has 0 spiro atoms. The number of nitrogens with zero attached hydrogens (tertiary/aromatic N) is 5. The third-order valence-corrected chi connectivity index (χ3v) is 3.98. The number of carbonyl (C=O) groups is 2. The predicted molar refractivity (Wildman–Crippen MR) is 102 cm³/mol. The molecule has 0 aliphatic carbocycles. The largest absolute Gasteiger partial charge is 0.493 e. The Morgan fingerprint density at radius 1 is 1.21 bits per heavy atom. The monoisotopic (exact) mass is 398 g/mol. The Kier molecular flexibility index (Phi) is 5.39. The Morgan fingerprint density at radius 3 is 2.62 bits per heavy atom. The first kappa shape index (κ1) is 19.7. The van der Waals surface area contributed by atoms with E-state index in [-0.39, 0.29) is 28.5 Å². The Balaban J connectivity index is 1.85. The summed E-state index contributed by atoms with van der Waals surface area (Å²) < 4.78 is 11.7. The van der Waals surface area contributed by atoms with E-state index in [1.54, 1.807) is 0 Å². The van der Waals surface area contributed by atoms with Crippen molar-refractivity contribution in [1.29, 1.82) is 0 Å². The van der Waals surface area contributed by atoms with E-state index in [4.69, 9.17) is 9.47 Å². The molecule has 0 atom stereocenters. The molecule has 0 saturated heterocycles. The van der Waals surface area contributed by atoms with E-state index in [2.05, 4.69) is 25.6 Å². The summed E-state index contributed by atoms with van der Waals surface area (Å²) >= 11 is 0. The fraction of sp³-hybridized carbons (Fsp3) is 0.222. The lowest BCUT2D eigenvalue weighted by atomic mass is 10.1. The van der Waals surface area contributed by atoms with E-state index in [0.717, 1.165) is 11.4 Å². The molecule has 0 radical (unpaired) electrons. The second-order valence-corrected chi connectivity index (χ2v) is 5.96. The van der Waals surface area contributed by atoms with Gasteiger partial charge in [0, 0.05) is 17.0 Å². The van der Waals surface area contributed by atoms with Gasteiger partial charge in [-0.15, -0.1) is 5.10 Å². The first-order valence-corrected chi connectivity index (χ1v) is 8.38. The maximum absolute atomic E-state index is 12.3. The number of carboxylic acid groups (broad SMARTS) is 1. The van der Waals surface area contributed by atoms with Gasteiger partial charge in [-0.3, -0.25) is 4.79 Å². The summed E-state index contributed by atoms with van der Waals surface area (Å²) in [7, 11) is 2.73. The van der Waals surface area contributed by atoms with Crippen LogP contribution in [0, 0.1) is 13.8 Å². The van der Waals surface area contributed by atoms with Crippen molar-refractivity contribution in [1.82, 2.24) is 25.0 Å². The van der Waals surface area contributed by atoms with Crippen molar-refractivity contribution in [3.63, 3.8) is 0 Å². The van der Waals surface area contributed by atoms with E-state index in [1.165, 1.54) is 37.1 Å². The van der Waals surface area contributed by atoms with Gasteiger partial charge in [-0.2, -0.15) is 10.1 Å². The number of hydrogen-bond acceptors (Lipinski definition) is 8. The number of ether oxygens (including phenoxy) is 2. The van der Waals surface area contributed by atoms with Crippen molar-refractivity contribution < 1.29 is 24.2 Å². The quantitative estimate of drug-likeness (QED) is 0.466. The Hall–Kier alpha value is -4.02. The van der Waals surface area contributed by atoms with Crippen molar-refractivity contribution in [2.24, 2.45) is 5.10 Å². The average Bonchev–Trinajstić information content (AvgIpc) is 3.11. The molecule has 0 bridgehead atoms. The number of nitrogens with one attached hydrogen (secondary N) is 1. The first-order valence-electron chi connectivity index (χ1n) is 8.38. The maximum Gasteiger partial charge on any atom is 0.340 e. The number of carboxylic acids is 1. The molecular weight excluding hydrogens is 380 g/mol. The topological polar surface area (TPSA) is 140 Å². The molecule has 0 unspecified atom stereocenters. The van der Waals surface area contributed by atoms with Gasteiger partial charge < -0.3 is 14.6 Å². The molecule has 0 saturated carbocycles. The van der Waals surface area contributed by atoms with Crippen LogP contribution in [-0.4, -0.2) is 57.0 Å². The second-order valence-electron chi connectivity index (χ2n) is 5.96. The molecular formula is C18H18N6O5. The smallest absolute Gasteiger partial charge is 0.340 e. The molecule has 11 nitrogen and oxygen atoms in total. The fourth-order valence-corrected chi connectivity index (χ4v) is 2.74. The Labute approximate surface area is 165 Å². The molecule has 0 fully saturated rings. The van der Waals surface area contributed by atoms with Gasteiger partial charge in [0.15, 0.2) is 11.5 Å². The van der Waals surface area contributed by atoms with Crippen molar-refractivity contribution >= 4 is 23.9 Å². The van der Waals surface area contributed by atoms with Gasteiger partial charge in [0.1, 0.15) is 5.56 Å². The number of amides is 1. The number of aromatic carboxylic acids is 1. The summed E-state index contributed by atoms with van der Waals surface area (Å²) in [6.45, 7) is 3.63. The number of rotatable bonds is 6. The lowest BCUT2D eigenvalue weighted by Crippen LogP contribution is -2.19. The molecule has 2 heterocycles. The van der Waals surface area contributed by atoms with Gasteiger partial charge in [-0.25, -0.2) is 19.7 Å². The van der Waals surface area contributed by atoms with Crippen LogP contribution in [0.25, 0.3) is 5.78 Å². The third-order valence-electron chi connectivity index (χ3n) is 3.98. The summed E-state index contributed by atoms with van der Waals surface area (Å²) in [6, 6.07) is 4.83. The summed E-state index contributed by atoms with van der Waals surface area (Å²) in [6.07, 6.45) is 1.19. The number of hydrazone groups is 1. The summed E-state index contributed by atoms with van der Waals surface area (Å²) in [5, 5.41) is 17.4. The number of benzene rings is 1. The number of aromatic nitrogens is 4. The summed E-state index contributed by atoms with van der Waals surface area (Å²) in [5.41, 5.74) is 3.87. The SMILES string of the molecule is COc1ccc(C=NNC(=O)c2nc3nc(C)cc(C)n3n2)c(C(=O)O)c1OC. The van der Waals surface area contributed by atoms with E-state index in [1.807, 2.05) is 19.9 Å². The fourth-order valence-electron chi connectivity index (χ4n) is 2.74. The van der Waals surface area contributed by atoms with Crippen molar-refractivity contribution in [3.05, 3.63) is 46.5 Å². The van der Waals surface area contributed by atoms with Crippen LogP contribution in [-0.2, 0) is 0 Å². The molecule has 2 aromatic heterocycles. The molecule has 0 aliphatic rings. The van der Waals surface area contributed by atoms with Crippen LogP contribution in [0.2, 0.25) is 0 Å². The number of fused-ring (bicyclic) bond motifs is 1. The second kappa shape index (κ2) is 7.92. The van der Waals surface area contributed by atoms with E-state index in [0.29, 0.717) is 5.78 Å². The van der Waals surface area contributed by atoms with Gasteiger partial charge in [-0.1, -0.05) is 0 Å². The third kappa shape index (κ3) is 3.83. The highest BCUT2D eigenvalue weighted by molar-refractivity contribution is 6.02. The Bertz CT molecular complexity index is 1140. The van der Waals surface area contributed by atoms with Crippen LogP contribution >= 0.6 is 0 Å². The maximum atomic E-state index is 12.3. The van der Waals surface area contributed by atoms with Gasteiger partial charge in [0.05, 0.1) is 20.4 Å². The lowest BCUT2D eigenvalue weighted by molar-refractivity contribution is 0.0692. The van der Waals surface area contributed by atoms with E-state index >= 15 is 0 Å². The molecule has 1 amide bonds. The van der Waals surface area contributed by atoms with Gasteiger partial charge in [0.25, 0.3) is 5.78 Å². The molecule has 150 valence electrons. The zero-order valence-electron chi connectivity index (χ0n) is 16.1. The predicted octanol–water partition coefficient (Wildman–Crippen LogP) is 1.22. The van der Waals surface area contributed by atoms with Crippen molar-refractivity contribution in [2.75, 3.05) is 14.2 Å². The highest BCUT2D eigenvalue weighted by Crippen LogP contribution is 2.32. The van der Waals surface area contributed by atoms with E-state index < -0.39 is 11.9 Å². The van der Waals surface area contributed by atoms with Crippen LogP contribution in [0.15, 0.2) is 23.3 Å². The molecule has 3 aromatic rings. The number of carbonyl (C=O) groups excluding carboxylic acids is 1. The molecule has 0 aliphatic heterocycles. The number of aryl methyl sites for hydroxylation is 2. The highest BCUT2D eigenvalue weighted by Gasteiger charge is 2.20.